The minimum Gasteiger partial charge on any atom is -0.487 e. The van der Waals surface area contributed by atoms with Crippen molar-refractivity contribution in [3.8, 4) is 5.75 Å². The van der Waals surface area contributed by atoms with Crippen LogP contribution in [0.25, 0.3) is 0 Å². The number of hydrogen-bond acceptors (Lipinski definition) is 1. The third kappa shape index (κ3) is 3.74. The molecule has 0 aliphatic carbocycles. The van der Waals surface area contributed by atoms with Crippen LogP contribution >= 0.6 is 27.5 Å². The SMILES string of the molecule is Cc1cc(C)cc(COc2c(Br)cccc2CCl)c1. The highest BCUT2D eigenvalue weighted by Gasteiger charge is 2.07. The van der Waals surface area contributed by atoms with Crippen molar-refractivity contribution < 1.29 is 4.74 Å². The molecular weight excluding hydrogens is 324 g/mol. The van der Waals surface area contributed by atoms with E-state index in [4.69, 9.17) is 16.3 Å². The lowest BCUT2D eigenvalue weighted by Crippen LogP contribution is -1.99. The second-order valence-corrected chi connectivity index (χ2v) is 5.77. The van der Waals surface area contributed by atoms with E-state index in [1.54, 1.807) is 0 Å². The smallest absolute Gasteiger partial charge is 0.138 e. The molecule has 3 heteroatoms. The highest BCUT2D eigenvalue weighted by Crippen LogP contribution is 2.31. The van der Waals surface area contributed by atoms with Gasteiger partial charge in [-0.1, -0.05) is 41.5 Å². The molecule has 0 atom stereocenters. The zero-order valence-electron chi connectivity index (χ0n) is 11.0. The molecule has 0 unspecified atom stereocenters. The van der Waals surface area contributed by atoms with Gasteiger partial charge in [-0.2, -0.15) is 0 Å². The van der Waals surface area contributed by atoms with Crippen molar-refractivity contribution in [2.75, 3.05) is 0 Å². The Hall–Kier alpha value is -0.990. The second-order valence-electron chi connectivity index (χ2n) is 4.65. The lowest BCUT2D eigenvalue weighted by molar-refractivity contribution is 0.301. The Labute approximate surface area is 127 Å². The molecule has 0 aliphatic heterocycles. The van der Waals surface area contributed by atoms with Gasteiger partial charge in [0.15, 0.2) is 0 Å². The van der Waals surface area contributed by atoms with Gasteiger partial charge in [-0.15, -0.1) is 11.6 Å². The normalized spacial score (nSPS) is 10.5. The van der Waals surface area contributed by atoms with E-state index in [1.807, 2.05) is 18.2 Å². The Balaban J connectivity index is 2.18. The van der Waals surface area contributed by atoms with Gasteiger partial charge in [0.1, 0.15) is 12.4 Å². The summed E-state index contributed by atoms with van der Waals surface area (Å²) in [6.45, 7) is 4.74. The van der Waals surface area contributed by atoms with Gasteiger partial charge in [0.2, 0.25) is 0 Å². The molecule has 0 spiro atoms. The van der Waals surface area contributed by atoms with E-state index in [1.165, 1.54) is 16.7 Å². The van der Waals surface area contributed by atoms with Gasteiger partial charge < -0.3 is 4.74 Å². The molecule has 0 fully saturated rings. The van der Waals surface area contributed by atoms with E-state index >= 15 is 0 Å². The van der Waals surface area contributed by atoms with E-state index in [2.05, 4.69) is 48.0 Å². The van der Waals surface area contributed by atoms with Crippen LogP contribution in [0.2, 0.25) is 0 Å². The summed E-state index contributed by atoms with van der Waals surface area (Å²) in [7, 11) is 0. The molecule has 19 heavy (non-hydrogen) atoms. The Morgan fingerprint density at radius 1 is 1.11 bits per heavy atom. The van der Waals surface area contributed by atoms with Crippen molar-refractivity contribution in [3.63, 3.8) is 0 Å². The van der Waals surface area contributed by atoms with E-state index in [9.17, 15) is 0 Å². The lowest BCUT2D eigenvalue weighted by atomic mass is 10.1. The Morgan fingerprint density at radius 2 is 1.79 bits per heavy atom. The summed E-state index contributed by atoms with van der Waals surface area (Å²) in [6, 6.07) is 12.4. The number of alkyl halides is 1. The van der Waals surface area contributed by atoms with Gasteiger partial charge in [-0.05, 0) is 41.4 Å². The van der Waals surface area contributed by atoms with E-state index in [0.717, 1.165) is 15.8 Å². The van der Waals surface area contributed by atoms with Crippen molar-refractivity contribution in [1.29, 1.82) is 0 Å². The molecule has 0 amide bonds. The van der Waals surface area contributed by atoms with Gasteiger partial charge in [-0.25, -0.2) is 0 Å². The third-order valence-electron chi connectivity index (χ3n) is 2.86. The average molecular weight is 340 g/mol. The standard InChI is InChI=1S/C16H16BrClO/c1-11-6-12(2)8-13(7-11)10-19-16-14(9-18)4-3-5-15(16)17/h3-8H,9-10H2,1-2H3. The van der Waals surface area contributed by atoms with Crippen LogP contribution in [-0.2, 0) is 12.5 Å². The van der Waals surface area contributed by atoms with Crippen molar-refractivity contribution in [2.24, 2.45) is 0 Å². The molecule has 0 radical (unpaired) electrons. The first-order valence-electron chi connectivity index (χ1n) is 6.13. The lowest BCUT2D eigenvalue weighted by Gasteiger charge is -2.12. The van der Waals surface area contributed by atoms with E-state index in [-0.39, 0.29) is 0 Å². The van der Waals surface area contributed by atoms with E-state index in [0.29, 0.717) is 12.5 Å². The summed E-state index contributed by atoms with van der Waals surface area (Å²) in [5, 5.41) is 0. The summed E-state index contributed by atoms with van der Waals surface area (Å²) in [5.41, 5.74) is 4.68. The summed E-state index contributed by atoms with van der Waals surface area (Å²) >= 11 is 9.44. The van der Waals surface area contributed by atoms with Crippen LogP contribution in [0, 0.1) is 13.8 Å². The third-order valence-corrected chi connectivity index (χ3v) is 3.77. The molecule has 0 N–H and O–H groups in total. The summed E-state index contributed by atoms with van der Waals surface area (Å²) in [4.78, 5) is 0. The summed E-state index contributed by atoms with van der Waals surface area (Å²) in [6.07, 6.45) is 0. The molecule has 2 rings (SSSR count). The maximum Gasteiger partial charge on any atom is 0.138 e. The fourth-order valence-corrected chi connectivity index (χ4v) is 2.86. The van der Waals surface area contributed by atoms with Crippen molar-refractivity contribution in [3.05, 3.63) is 63.1 Å². The molecule has 2 aromatic rings. The molecule has 100 valence electrons. The fraction of sp³-hybridized carbons (Fsp3) is 0.250. The maximum atomic E-state index is 5.94. The van der Waals surface area contributed by atoms with Crippen LogP contribution in [-0.4, -0.2) is 0 Å². The molecule has 0 saturated heterocycles. The van der Waals surface area contributed by atoms with Gasteiger partial charge in [-0.3, -0.25) is 0 Å². The maximum absolute atomic E-state index is 5.94. The van der Waals surface area contributed by atoms with Crippen LogP contribution in [0.5, 0.6) is 5.75 Å². The zero-order valence-corrected chi connectivity index (χ0v) is 13.4. The van der Waals surface area contributed by atoms with Crippen molar-refractivity contribution in [1.82, 2.24) is 0 Å². The molecule has 1 nitrogen and oxygen atoms in total. The second kappa shape index (κ2) is 6.44. The number of benzene rings is 2. The van der Waals surface area contributed by atoms with Crippen LogP contribution in [0.3, 0.4) is 0 Å². The van der Waals surface area contributed by atoms with Crippen LogP contribution in [0.15, 0.2) is 40.9 Å². The molecule has 0 aromatic heterocycles. The first-order chi connectivity index (χ1) is 9.10. The number of para-hydroxylation sites is 1. The molecular formula is C16H16BrClO. The highest BCUT2D eigenvalue weighted by atomic mass is 79.9. The van der Waals surface area contributed by atoms with Gasteiger partial charge >= 0.3 is 0 Å². The largest absolute Gasteiger partial charge is 0.487 e. The van der Waals surface area contributed by atoms with Gasteiger partial charge in [0, 0.05) is 5.56 Å². The molecule has 2 aromatic carbocycles. The molecule has 0 heterocycles. The number of ether oxygens (including phenoxy) is 1. The summed E-state index contributed by atoms with van der Waals surface area (Å²) < 4.78 is 6.86. The monoisotopic (exact) mass is 338 g/mol. The minimum absolute atomic E-state index is 0.446. The van der Waals surface area contributed by atoms with Gasteiger partial charge in [0.05, 0.1) is 10.4 Å². The minimum atomic E-state index is 0.446. The average Bonchev–Trinajstić information content (AvgIpc) is 2.36. The molecule has 0 bridgehead atoms. The Bertz CT molecular complexity index is 561. The number of hydrogen-bond donors (Lipinski definition) is 0. The fourth-order valence-electron chi connectivity index (χ4n) is 2.13. The quantitative estimate of drug-likeness (QED) is 0.679. The Kier molecular flexibility index (Phi) is 4.89. The van der Waals surface area contributed by atoms with E-state index < -0.39 is 0 Å². The van der Waals surface area contributed by atoms with Crippen LogP contribution < -0.4 is 4.74 Å². The number of rotatable bonds is 4. The number of aryl methyl sites for hydroxylation is 2. The first-order valence-corrected chi connectivity index (χ1v) is 7.46. The number of halogens is 2. The topological polar surface area (TPSA) is 9.23 Å². The predicted octanol–water partition coefficient (Wildman–Crippen LogP) is 5.38. The Morgan fingerprint density at radius 3 is 2.42 bits per heavy atom. The summed E-state index contributed by atoms with van der Waals surface area (Å²) in [5.74, 6) is 1.28. The predicted molar refractivity (Wildman–Crippen MR) is 83.9 cm³/mol. The van der Waals surface area contributed by atoms with Crippen LogP contribution in [0.4, 0.5) is 0 Å². The van der Waals surface area contributed by atoms with Crippen LogP contribution in [0.1, 0.15) is 22.3 Å². The molecule has 0 aliphatic rings. The zero-order chi connectivity index (χ0) is 13.8. The van der Waals surface area contributed by atoms with Gasteiger partial charge in [0.25, 0.3) is 0 Å². The highest BCUT2D eigenvalue weighted by molar-refractivity contribution is 9.10. The van der Waals surface area contributed by atoms with Crippen molar-refractivity contribution in [2.45, 2.75) is 26.3 Å². The molecule has 0 saturated carbocycles. The van der Waals surface area contributed by atoms with Crippen molar-refractivity contribution >= 4 is 27.5 Å². The first kappa shape index (κ1) is 14.4.